The van der Waals surface area contributed by atoms with Crippen LogP contribution in [-0.4, -0.2) is 18.0 Å². The minimum Gasteiger partial charge on any atom is -0.392 e. The molecule has 0 aromatic rings. The quantitative estimate of drug-likeness (QED) is 0.0811. The summed E-state index contributed by atoms with van der Waals surface area (Å²) < 4.78 is 0. The first-order valence-electron chi connectivity index (χ1n) is 13.9. The summed E-state index contributed by atoms with van der Waals surface area (Å²) in [7, 11) is 0. The van der Waals surface area contributed by atoms with Crippen molar-refractivity contribution >= 4 is 6.29 Å². The zero-order chi connectivity index (χ0) is 26.3. The lowest BCUT2D eigenvalue weighted by molar-refractivity contribution is -0.105. The van der Waals surface area contributed by atoms with E-state index >= 15 is 0 Å². The molecule has 0 saturated heterocycles. The van der Waals surface area contributed by atoms with Crippen LogP contribution in [0.15, 0.2) is 69.9 Å². The molecule has 0 saturated carbocycles. The number of unbranched alkanes of at least 4 members (excludes halogenated alkanes) is 2. The first-order valence-corrected chi connectivity index (χ1v) is 13.9. The molecule has 1 N–H and O–H groups in total. The molecule has 0 bridgehead atoms. The fraction of sp³-hybridized carbons (Fsp3) is 0.606. The van der Waals surface area contributed by atoms with Crippen molar-refractivity contribution in [2.75, 3.05) is 6.61 Å². The smallest absolute Gasteiger partial charge is 0.145 e. The number of hydrogen-bond acceptors (Lipinski definition) is 2. The Balaban J connectivity index is 4.18. The Morgan fingerprint density at radius 1 is 0.543 bits per heavy atom. The lowest BCUT2D eigenvalue weighted by Crippen LogP contribution is -1.86. The molecule has 0 rings (SSSR count). The molecular formula is C33H54O2. The van der Waals surface area contributed by atoms with Gasteiger partial charge in [0.15, 0.2) is 0 Å². The summed E-state index contributed by atoms with van der Waals surface area (Å²) in [6, 6.07) is 0. The molecule has 198 valence electrons. The van der Waals surface area contributed by atoms with Crippen molar-refractivity contribution in [2.45, 2.75) is 125 Å². The molecule has 0 aliphatic heterocycles. The summed E-state index contributed by atoms with van der Waals surface area (Å²) in [6.45, 7) is 13.2. The van der Waals surface area contributed by atoms with E-state index in [1.54, 1.807) is 0 Å². The van der Waals surface area contributed by atoms with Crippen LogP contribution >= 0.6 is 0 Å². The number of carbonyl (C=O) groups is 1. The summed E-state index contributed by atoms with van der Waals surface area (Å²) in [6.07, 6.45) is 28.7. The Morgan fingerprint density at radius 2 is 0.914 bits per heavy atom. The Kier molecular flexibility index (Phi) is 21.3. The normalized spacial score (nSPS) is 14.6. The molecule has 0 aliphatic rings. The second kappa shape index (κ2) is 22.5. The topological polar surface area (TPSA) is 37.3 Å². The molecule has 35 heavy (non-hydrogen) atoms. The number of rotatable bonds is 20. The van der Waals surface area contributed by atoms with Gasteiger partial charge in [0.1, 0.15) is 6.29 Å². The Morgan fingerprint density at radius 3 is 1.26 bits per heavy atom. The van der Waals surface area contributed by atoms with Gasteiger partial charge < -0.3 is 5.11 Å². The van der Waals surface area contributed by atoms with Crippen LogP contribution in [0, 0.1) is 0 Å². The minimum absolute atomic E-state index is 0.166. The number of aliphatic hydroxyl groups excluding tert-OH is 1. The molecule has 0 fully saturated rings. The number of aldehydes is 1. The Bertz CT molecular complexity index is 756. The van der Waals surface area contributed by atoms with Crippen molar-refractivity contribution in [1.29, 1.82) is 0 Å². The molecule has 2 heteroatoms. The van der Waals surface area contributed by atoms with Gasteiger partial charge in [0.05, 0.1) is 6.61 Å². The van der Waals surface area contributed by atoms with Crippen molar-refractivity contribution in [3.63, 3.8) is 0 Å². The SMILES string of the molecule is CCCC/C=C(\C=O)CC/C=C(\C)CC/C=C(\C)CC/C=C(\C)CC/C=C(\C)CC/C=C(\C)CO. The van der Waals surface area contributed by atoms with Gasteiger partial charge in [-0.25, -0.2) is 0 Å². The average molecular weight is 483 g/mol. The van der Waals surface area contributed by atoms with Gasteiger partial charge in [-0.2, -0.15) is 0 Å². The van der Waals surface area contributed by atoms with Crippen molar-refractivity contribution in [2.24, 2.45) is 0 Å². The van der Waals surface area contributed by atoms with Crippen LogP contribution in [-0.2, 0) is 4.79 Å². The molecular weight excluding hydrogens is 428 g/mol. The van der Waals surface area contributed by atoms with E-state index in [0.717, 1.165) is 94.5 Å². The largest absolute Gasteiger partial charge is 0.392 e. The molecule has 0 aromatic carbocycles. The van der Waals surface area contributed by atoms with Crippen LogP contribution in [0.3, 0.4) is 0 Å². The molecule has 0 aromatic heterocycles. The molecule has 0 spiro atoms. The summed E-state index contributed by atoms with van der Waals surface area (Å²) in [5.41, 5.74) is 7.83. The maximum atomic E-state index is 11.2. The summed E-state index contributed by atoms with van der Waals surface area (Å²) >= 11 is 0. The maximum Gasteiger partial charge on any atom is 0.145 e. The molecule has 0 unspecified atom stereocenters. The van der Waals surface area contributed by atoms with Crippen molar-refractivity contribution < 1.29 is 9.90 Å². The minimum atomic E-state index is 0.166. The van der Waals surface area contributed by atoms with Crippen LogP contribution in [0.5, 0.6) is 0 Å². The molecule has 2 nitrogen and oxygen atoms in total. The molecule has 0 amide bonds. The lowest BCUT2D eigenvalue weighted by Gasteiger charge is -2.04. The molecule has 0 aliphatic carbocycles. The van der Waals surface area contributed by atoms with E-state index in [2.05, 4.69) is 71.1 Å². The summed E-state index contributed by atoms with van der Waals surface area (Å²) in [5.74, 6) is 0. The Hall–Kier alpha value is -1.93. The van der Waals surface area contributed by atoms with Gasteiger partial charge in [-0.05, 0) is 111 Å². The average Bonchev–Trinajstić information content (AvgIpc) is 2.83. The van der Waals surface area contributed by atoms with E-state index in [0.29, 0.717) is 0 Å². The monoisotopic (exact) mass is 482 g/mol. The van der Waals surface area contributed by atoms with Gasteiger partial charge >= 0.3 is 0 Å². The highest BCUT2D eigenvalue weighted by molar-refractivity contribution is 5.72. The van der Waals surface area contributed by atoms with Crippen molar-refractivity contribution in [3.05, 3.63) is 69.9 Å². The third-order valence-electron chi connectivity index (χ3n) is 6.42. The fourth-order valence-corrected chi connectivity index (χ4v) is 3.84. The van der Waals surface area contributed by atoms with Gasteiger partial charge in [0.25, 0.3) is 0 Å². The number of hydrogen-bond donors (Lipinski definition) is 1. The highest BCUT2D eigenvalue weighted by Gasteiger charge is 1.97. The van der Waals surface area contributed by atoms with Gasteiger partial charge in [0.2, 0.25) is 0 Å². The summed E-state index contributed by atoms with van der Waals surface area (Å²) in [5, 5.41) is 9.04. The summed E-state index contributed by atoms with van der Waals surface area (Å²) in [4.78, 5) is 11.2. The van der Waals surface area contributed by atoms with E-state index < -0.39 is 0 Å². The predicted octanol–water partition coefficient (Wildman–Crippen LogP) is 9.93. The van der Waals surface area contributed by atoms with Crippen LogP contribution in [0.25, 0.3) is 0 Å². The van der Waals surface area contributed by atoms with Gasteiger partial charge in [-0.3, -0.25) is 4.79 Å². The zero-order valence-corrected chi connectivity index (χ0v) is 23.8. The number of carbonyl (C=O) groups excluding carboxylic acids is 1. The standard InChI is InChI=1S/C33H54O2/c1-7-8-9-24-33(27-35)25-14-22-31(5)20-12-18-29(3)16-10-15-28(2)17-11-19-30(4)21-13-23-32(6)26-34/h15,18-19,22-24,27,34H,7-14,16-17,20-21,25-26H2,1-6H3/b28-15+,29-18+,30-19+,31-22+,32-23+,33-24-. The van der Waals surface area contributed by atoms with Gasteiger partial charge in [-0.1, -0.05) is 84.1 Å². The number of aliphatic hydroxyl groups is 1. The van der Waals surface area contributed by atoms with E-state index in [9.17, 15) is 4.79 Å². The maximum absolute atomic E-state index is 11.2. The third-order valence-corrected chi connectivity index (χ3v) is 6.42. The van der Waals surface area contributed by atoms with E-state index in [-0.39, 0.29) is 6.61 Å². The van der Waals surface area contributed by atoms with E-state index in [1.165, 1.54) is 28.7 Å². The van der Waals surface area contributed by atoms with Gasteiger partial charge in [-0.15, -0.1) is 0 Å². The Labute approximate surface area is 217 Å². The van der Waals surface area contributed by atoms with Crippen LogP contribution in [0.4, 0.5) is 0 Å². The zero-order valence-electron chi connectivity index (χ0n) is 23.8. The van der Waals surface area contributed by atoms with Crippen molar-refractivity contribution in [1.82, 2.24) is 0 Å². The van der Waals surface area contributed by atoms with Crippen LogP contribution < -0.4 is 0 Å². The van der Waals surface area contributed by atoms with E-state index in [1.807, 2.05) is 6.92 Å². The highest BCUT2D eigenvalue weighted by Crippen LogP contribution is 2.15. The molecule has 0 heterocycles. The third kappa shape index (κ3) is 21.1. The second-order valence-corrected chi connectivity index (χ2v) is 10.1. The predicted molar refractivity (Wildman–Crippen MR) is 156 cm³/mol. The molecule has 0 radical (unpaired) electrons. The fourth-order valence-electron chi connectivity index (χ4n) is 3.84. The van der Waals surface area contributed by atoms with E-state index in [4.69, 9.17) is 5.11 Å². The second-order valence-electron chi connectivity index (χ2n) is 10.1. The number of allylic oxidation sites excluding steroid dienone is 11. The first-order chi connectivity index (χ1) is 16.8. The molecule has 0 atom stereocenters. The van der Waals surface area contributed by atoms with Gasteiger partial charge in [0, 0.05) is 0 Å². The highest BCUT2D eigenvalue weighted by atomic mass is 16.3. The lowest BCUT2D eigenvalue weighted by atomic mass is 10.0. The van der Waals surface area contributed by atoms with Crippen LogP contribution in [0.2, 0.25) is 0 Å². The van der Waals surface area contributed by atoms with Crippen LogP contribution in [0.1, 0.15) is 125 Å². The van der Waals surface area contributed by atoms with Crippen molar-refractivity contribution in [3.8, 4) is 0 Å². The first kappa shape index (κ1) is 33.1.